The summed E-state index contributed by atoms with van der Waals surface area (Å²) in [4.78, 5) is 15.3. The minimum Gasteiger partial charge on any atom is -0.498 e. The van der Waals surface area contributed by atoms with Crippen molar-refractivity contribution in [3.05, 3.63) is 47.0 Å². The zero-order chi connectivity index (χ0) is 22.9. The fourth-order valence-corrected chi connectivity index (χ4v) is 5.45. The fraction of sp³-hybridized carbons (Fsp3) is 0.654. The van der Waals surface area contributed by atoms with Crippen molar-refractivity contribution in [2.45, 2.75) is 58.3 Å². The average molecular weight is 462 g/mol. The lowest BCUT2D eigenvalue weighted by Crippen LogP contribution is -2.42. The van der Waals surface area contributed by atoms with Gasteiger partial charge in [0.1, 0.15) is 0 Å². The largest absolute Gasteiger partial charge is 0.498 e. The van der Waals surface area contributed by atoms with Crippen LogP contribution in [0, 0.1) is 17.8 Å². The van der Waals surface area contributed by atoms with E-state index in [2.05, 4.69) is 29.2 Å². The minimum absolute atomic E-state index is 0.0940. The molecule has 3 unspecified atom stereocenters. The van der Waals surface area contributed by atoms with E-state index in [4.69, 9.17) is 16.3 Å². The van der Waals surface area contributed by atoms with Gasteiger partial charge in [-0.2, -0.15) is 0 Å². The molecule has 0 radical (unpaired) electrons. The highest BCUT2D eigenvalue weighted by Gasteiger charge is 2.28. The molecule has 5 nitrogen and oxygen atoms in total. The van der Waals surface area contributed by atoms with Crippen LogP contribution in [0.4, 0.5) is 0 Å². The van der Waals surface area contributed by atoms with Gasteiger partial charge in [-0.3, -0.25) is 9.69 Å². The molecular formula is C26H40ClN3O2. The predicted octanol–water partition coefficient (Wildman–Crippen LogP) is 5.07. The van der Waals surface area contributed by atoms with Gasteiger partial charge in [-0.1, -0.05) is 43.9 Å². The maximum Gasteiger partial charge on any atom is 0.227 e. The number of ether oxygens (including phenoxy) is 1. The molecule has 1 aliphatic heterocycles. The Balaban J connectivity index is 1.48. The Morgan fingerprint density at radius 3 is 2.97 bits per heavy atom. The molecule has 0 bridgehead atoms. The van der Waals surface area contributed by atoms with Crippen molar-refractivity contribution in [3.63, 3.8) is 0 Å². The van der Waals surface area contributed by atoms with Gasteiger partial charge in [-0.15, -0.1) is 0 Å². The van der Waals surface area contributed by atoms with E-state index in [1.54, 1.807) is 6.08 Å². The second-order valence-electron chi connectivity index (χ2n) is 9.43. The van der Waals surface area contributed by atoms with Gasteiger partial charge in [0.25, 0.3) is 0 Å². The lowest BCUT2D eigenvalue weighted by Gasteiger charge is -2.31. The summed E-state index contributed by atoms with van der Waals surface area (Å²) in [5.74, 6) is 2.32. The molecule has 3 aliphatic rings. The molecule has 2 aliphatic carbocycles. The molecule has 1 heterocycles. The standard InChI is InChI=1S/C26H40ClN3O2/c1-4-23(24-18-30(3)15-14-28-24)29-26(31)21-11-7-9-19(16-21)8-6-10-20-17-22(27)12-13-25(20)32-5-2/h4,12-13,19-21,28H,1,5-11,14-18H2,2-3H3,(H,29,31)/b24-23+. The third-order valence-electron chi connectivity index (χ3n) is 6.95. The Morgan fingerprint density at radius 2 is 2.22 bits per heavy atom. The lowest BCUT2D eigenvalue weighted by atomic mass is 9.78. The topological polar surface area (TPSA) is 53.6 Å². The lowest BCUT2D eigenvalue weighted by molar-refractivity contribution is -0.125. The Bertz CT molecular complexity index is 758. The second-order valence-corrected chi connectivity index (χ2v) is 9.91. The molecule has 6 heteroatoms. The highest BCUT2D eigenvalue weighted by molar-refractivity contribution is 6.29. The van der Waals surface area contributed by atoms with Crippen molar-refractivity contribution in [2.24, 2.45) is 17.8 Å². The van der Waals surface area contributed by atoms with Crippen LogP contribution in [0.2, 0.25) is 0 Å². The third-order valence-corrected chi connectivity index (χ3v) is 7.23. The van der Waals surface area contributed by atoms with Crippen LogP contribution in [0.25, 0.3) is 0 Å². The van der Waals surface area contributed by atoms with Crippen LogP contribution in [-0.4, -0.2) is 44.1 Å². The van der Waals surface area contributed by atoms with Crippen molar-refractivity contribution in [1.29, 1.82) is 0 Å². The van der Waals surface area contributed by atoms with E-state index in [-0.39, 0.29) is 11.8 Å². The number of nitrogens with one attached hydrogen (secondary N) is 2. The number of likely N-dealkylation sites (N-methyl/N-ethyl adjacent to an activating group) is 1. The minimum atomic E-state index is 0.0940. The number of allylic oxidation sites excluding steroid dienone is 5. The maximum atomic E-state index is 13.0. The first-order chi connectivity index (χ1) is 15.5. The molecule has 0 aromatic rings. The van der Waals surface area contributed by atoms with Crippen LogP contribution < -0.4 is 10.6 Å². The number of piperazine rings is 1. The van der Waals surface area contributed by atoms with Gasteiger partial charge in [0.2, 0.25) is 5.91 Å². The molecule has 1 saturated heterocycles. The summed E-state index contributed by atoms with van der Waals surface area (Å²) in [7, 11) is 2.10. The highest BCUT2D eigenvalue weighted by Crippen LogP contribution is 2.36. The van der Waals surface area contributed by atoms with Crippen LogP contribution in [0.15, 0.2) is 47.0 Å². The number of amides is 1. The molecule has 3 rings (SSSR count). The summed E-state index contributed by atoms with van der Waals surface area (Å²) in [5.41, 5.74) is 1.90. The van der Waals surface area contributed by atoms with Crippen molar-refractivity contribution < 1.29 is 9.53 Å². The summed E-state index contributed by atoms with van der Waals surface area (Å²) in [6, 6.07) is 0. The van der Waals surface area contributed by atoms with Crippen LogP contribution in [0.5, 0.6) is 0 Å². The summed E-state index contributed by atoms with van der Waals surface area (Å²) >= 11 is 6.27. The van der Waals surface area contributed by atoms with E-state index in [0.717, 1.165) is 80.3 Å². The number of carbonyl (C=O) groups is 1. The van der Waals surface area contributed by atoms with E-state index in [1.165, 1.54) is 12.8 Å². The first-order valence-electron chi connectivity index (χ1n) is 12.3. The Hall–Kier alpha value is -1.72. The van der Waals surface area contributed by atoms with Gasteiger partial charge < -0.3 is 15.4 Å². The maximum absolute atomic E-state index is 13.0. The third kappa shape index (κ3) is 7.14. The molecule has 1 saturated carbocycles. The summed E-state index contributed by atoms with van der Waals surface area (Å²) in [5, 5.41) is 7.50. The first-order valence-corrected chi connectivity index (χ1v) is 12.7. The van der Waals surface area contributed by atoms with Crippen molar-refractivity contribution >= 4 is 17.5 Å². The SMILES string of the molecule is C=C/C(NC(=O)C1CCCC(CCCC2CC(Cl)=CC=C2OCC)C1)=C1/CN(C)CCN1. The number of carbonyl (C=O) groups excluding carboxylic acids is 1. The van der Waals surface area contributed by atoms with E-state index in [0.29, 0.717) is 18.4 Å². The number of nitrogens with zero attached hydrogens (tertiary/aromatic N) is 1. The van der Waals surface area contributed by atoms with Gasteiger partial charge in [-0.05, 0) is 63.8 Å². The smallest absolute Gasteiger partial charge is 0.227 e. The zero-order valence-electron chi connectivity index (χ0n) is 19.8. The van der Waals surface area contributed by atoms with Gasteiger partial charge in [0.15, 0.2) is 0 Å². The van der Waals surface area contributed by atoms with Crippen molar-refractivity contribution in [1.82, 2.24) is 15.5 Å². The van der Waals surface area contributed by atoms with Gasteiger partial charge in [-0.25, -0.2) is 0 Å². The average Bonchev–Trinajstić information content (AvgIpc) is 2.79. The number of rotatable bonds is 9. The molecular weight excluding hydrogens is 422 g/mol. The number of hydrogen-bond acceptors (Lipinski definition) is 4. The Morgan fingerprint density at radius 1 is 1.38 bits per heavy atom. The van der Waals surface area contributed by atoms with Crippen LogP contribution in [-0.2, 0) is 9.53 Å². The predicted molar refractivity (Wildman–Crippen MR) is 132 cm³/mol. The molecule has 3 atom stereocenters. The zero-order valence-corrected chi connectivity index (χ0v) is 20.6. The van der Waals surface area contributed by atoms with Crippen molar-refractivity contribution in [2.75, 3.05) is 33.3 Å². The molecule has 2 fully saturated rings. The molecule has 0 aromatic heterocycles. The molecule has 0 aromatic carbocycles. The molecule has 1 amide bonds. The number of hydrogen-bond donors (Lipinski definition) is 2. The number of halogens is 1. The van der Waals surface area contributed by atoms with E-state index < -0.39 is 0 Å². The van der Waals surface area contributed by atoms with Crippen LogP contribution in [0.3, 0.4) is 0 Å². The monoisotopic (exact) mass is 461 g/mol. The van der Waals surface area contributed by atoms with Gasteiger partial charge >= 0.3 is 0 Å². The van der Waals surface area contributed by atoms with Gasteiger partial charge in [0.05, 0.1) is 18.1 Å². The van der Waals surface area contributed by atoms with E-state index >= 15 is 0 Å². The highest BCUT2D eigenvalue weighted by atomic mass is 35.5. The van der Waals surface area contributed by atoms with Crippen LogP contribution >= 0.6 is 11.6 Å². The molecule has 2 N–H and O–H groups in total. The normalized spacial score (nSPS) is 28.2. The summed E-state index contributed by atoms with van der Waals surface area (Å²) in [6.45, 7) is 9.37. The first kappa shape index (κ1) is 24.9. The fourth-order valence-electron chi connectivity index (χ4n) is 5.20. The second kappa shape index (κ2) is 12.5. The quantitative estimate of drug-likeness (QED) is 0.503. The molecule has 32 heavy (non-hydrogen) atoms. The summed E-state index contributed by atoms with van der Waals surface area (Å²) < 4.78 is 5.82. The van der Waals surface area contributed by atoms with E-state index in [9.17, 15) is 4.79 Å². The Kier molecular flexibility index (Phi) is 9.73. The summed E-state index contributed by atoms with van der Waals surface area (Å²) in [6.07, 6.45) is 14.4. The van der Waals surface area contributed by atoms with Crippen LogP contribution in [0.1, 0.15) is 58.3 Å². The van der Waals surface area contributed by atoms with E-state index in [1.807, 2.05) is 19.1 Å². The van der Waals surface area contributed by atoms with Gasteiger partial charge in [0, 0.05) is 42.2 Å². The van der Waals surface area contributed by atoms with Crippen molar-refractivity contribution in [3.8, 4) is 0 Å². The molecule has 178 valence electrons. The molecule has 0 spiro atoms. The Labute approximate surface area is 199 Å².